The third-order valence-electron chi connectivity index (χ3n) is 6.53. The topological polar surface area (TPSA) is 0 Å². The Hall–Kier alpha value is -2.10. The zero-order chi connectivity index (χ0) is 19.8. The van der Waals surface area contributed by atoms with Crippen LogP contribution in [0.3, 0.4) is 0 Å². The van der Waals surface area contributed by atoms with Crippen molar-refractivity contribution in [2.75, 3.05) is 0 Å². The van der Waals surface area contributed by atoms with Crippen LogP contribution in [-0.4, -0.2) is 0 Å². The van der Waals surface area contributed by atoms with Gasteiger partial charge < -0.3 is 0 Å². The molecular formula is C24H24F4. The van der Waals surface area contributed by atoms with Crippen molar-refractivity contribution in [2.24, 2.45) is 11.8 Å². The second-order valence-electron chi connectivity index (χ2n) is 8.10. The molecule has 0 bridgehead atoms. The summed E-state index contributed by atoms with van der Waals surface area (Å²) >= 11 is 0. The van der Waals surface area contributed by atoms with E-state index in [1.54, 1.807) is 0 Å². The van der Waals surface area contributed by atoms with Gasteiger partial charge in [0.2, 0.25) is 0 Å². The minimum absolute atomic E-state index is 0.0179. The van der Waals surface area contributed by atoms with Crippen molar-refractivity contribution in [1.29, 1.82) is 0 Å². The Kier molecular flexibility index (Phi) is 5.31. The average molecular weight is 388 g/mol. The van der Waals surface area contributed by atoms with Crippen molar-refractivity contribution in [1.82, 2.24) is 0 Å². The normalized spacial score (nSPS) is 22.0. The predicted molar refractivity (Wildman–Crippen MR) is 103 cm³/mol. The van der Waals surface area contributed by atoms with Crippen LogP contribution < -0.4 is 0 Å². The quantitative estimate of drug-likeness (QED) is 0.387. The molecule has 2 aliphatic rings. The minimum atomic E-state index is -1.11. The molecule has 4 rings (SSSR count). The van der Waals surface area contributed by atoms with E-state index in [9.17, 15) is 13.2 Å². The highest BCUT2D eigenvalue weighted by molar-refractivity contribution is 5.67. The lowest BCUT2D eigenvalue weighted by molar-refractivity contribution is 0.292. The molecule has 0 N–H and O–H groups in total. The van der Waals surface area contributed by atoms with Crippen LogP contribution in [0.2, 0.25) is 0 Å². The Bertz CT molecular complexity index is 921. The van der Waals surface area contributed by atoms with Crippen LogP contribution in [0.25, 0.3) is 11.1 Å². The van der Waals surface area contributed by atoms with Crippen molar-refractivity contribution < 1.29 is 17.6 Å². The molecule has 148 valence electrons. The number of halogens is 4. The largest absolute Gasteiger partial charge is 0.206 e. The van der Waals surface area contributed by atoms with Crippen molar-refractivity contribution in [3.63, 3.8) is 0 Å². The van der Waals surface area contributed by atoms with Crippen LogP contribution in [-0.2, 0) is 12.8 Å². The van der Waals surface area contributed by atoms with Gasteiger partial charge in [0.1, 0.15) is 11.6 Å². The van der Waals surface area contributed by atoms with E-state index in [-0.39, 0.29) is 11.1 Å². The summed E-state index contributed by atoms with van der Waals surface area (Å²) in [6, 6.07) is 4.33. The Balaban J connectivity index is 1.62. The lowest BCUT2D eigenvalue weighted by Crippen LogP contribution is -2.19. The molecule has 28 heavy (non-hydrogen) atoms. The van der Waals surface area contributed by atoms with E-state index < -0.39 is 23.3 Å². The summed E-state index contributed by atoms with van der Waals surface area (Å²) in [4.78, 5) is 0. The second kappa shape index (κ2) is 7.73. The summed E-state index contributed by atoms with van der Waals surface area (Å²) in [5.41, 5.74) is 2.17. The molecular weight excluding hydrogens is 364 g/mol. The number of hydrogen-bond acceptors (Lipinski definition) is 0. The van der Waals surface area contributed by atoms with E-state index in [1.165, 1.54) is 37.0 Å². The molecule has 0 atom stereocenters. The van der Waals surface area contributed by atoms with Gasteiger partial charge in [-0.25, -0.2) is 17.6 Å². The highest BCUT2D eigenvalue weighted by Gasteiger charge is 2.27. The summed E-state index contributed by atoms with van der Waals surface area (Å²) < 4.78 is 56.6. The van der Waals surface area contributed by atoms with Gasteiger partial charge in [-0.2, -0.15) is 0 Å². The van der Waals surface area contributed by atoms with Gasteiger partial charge in [0.05, 0.1) is 5.56 Å². The molecule has 0 spiro atoms. The SMILES string of the molecule is CCC1CCC(C2=CCc3c(cc(F)c(-c4ccc(F)c(F)c4)c3F)C2)CC1. The molecule has 2 aromatic rings. The fourth-order valence-corrected chi connectivity index (χ4v) is 4.78. The number of hydrogen-bond donors (Lipinski definition) is 0. The minimum Gasteiger partial charge on any atom is -0.206 e. The van der Waals surface area contributed by atoms with Gasteiger partial charge in [0.15, 0.2) is 11.6 Å². The van der Waals surface area contributed by atoms with Crippen LogP contribution in [0.4, 0.5) is 17.6 Å². The molecule has 0 radical (unpaired) electrons. The first kappa shape index (κ1) is 19.2. The van der Waals surface area contributed by atoms with E-state index in [2.05, 4.69) is 13.0 Å². The van der Waals surface area contributed by atoms with E-state index in [1.807, 2.05) is 0 Å². The first-order valence-electron chi connectivity index (χ1n) is 10.1. The maximum absolute atomic E-state index is 15.1. The second-order valence-corrected chi connectivity index (χ2v) is 8.10. The Morgan fingerprint density at radius 2 is 1.64 bits per heavy atom. The Morgan fingerprint density at radius 3 is 2.32 bits per heavy atom. The fraction of sp³-hybridized carbons (Fsp3) is 0.417. The van der Waals surface area contributed by atoms with Crippen LogP contribution in [0.15, 0.2) is 35.9 Å². The van der Waals surface area contributed by atoms with E-state index in [0.29, 0.717) is 29.9 Å². The van der Waals surface area contributed by atoms with Crippen LogP contribution >= 0.6 is 0 Å². The molecule has 0 heterocycles. The number of benzene rings is 2. The summed E-state index contributed by atoms with van der Waals surface area (Å²) in [5, 5.41) is 0. The zero-order valence-electron chi connectivity index (χ0n) is 16.0. The van der Waals surface area contributed by atoms with Crippen LogP contribution in [0, 0.1) is 35.1 Å². The third-order valence-corrected chi connectivity index (χ3v) is 6.53. The summed E-state index contributed by atoms with van der Waals surface area (Å²) in [6.45, 7) is 2.23. The van der Waals surface area contributed by atoms with Gasteiger partial charge in [-0.05, 0) is 85.3 Å². The van der Waals surface area contributed by atoms with E-state index >= 15 is 4.39 Å². The summed E-state index contributed by atoms with van der Waals surface area (Å²) in [6.07, 6.45) is 9.05. The molecule has 0 aliphatic heterocycles. The molecule has 2 aromatic carbocycles. The molecule has 0 unspecified atom stereocenters. The summed E-state index contributed by atoms with van der Waals surface area (Å²) in [5.74, 6) is -2.22. The van der Waals surface area contributed by atoms with Crippen molar-refractivity contribution >= 4 is 0 Å². The zero-order valence-corrected chi connectivity index (χ0v) is 16.0. The maximum Gasteiger partial charge on any atom is 0.159 e. The fourth-order valence-electron chi connectivity index (χ4n) is 4.78. The van der Waals surface area contributed by atoms with Gasteiger partial charge in [-0.15, -0.1) is 0 Å². The molecule has 2 aliphatic carbocycles. The van der Waals surface area contributed by atoms with Gasteiger partial charge >= 0.3 is 0 Å². The maximum atomic E-state index is 15.1. The van der Waals surface area contributed by atoms with Crippen molar-refractivity contribution in [3.05, 3.63) is 70.3 Å². The highest BCUT2D eigenvalue weighted by Crippen LogP contribution is 2.40. The molecule has 1 fully saturated rings. The van der Waals surface area contributed by atoms with E-state index in [0.717, 1.165) is 30.9 Å². The molecule has 0 amide bonds. The van der Waals surface area contributed by atoms with Gasteiger partial charge in [0, 0.05) is 0 Å². The van der Waals surface area contributed by atoms with Crippen LogP contribution in [0.5, 0.6) is 0 Å². The predicted octanol–water partition coefficient (Wildman–Crippen LogP) is 7.15. The first-order chi connectivity index (χ1) is 13.5. The standard InChI is InChI=1S/C24H24F4/c1-2-14-3-5-15(6-4-14)16-7-9-19-18(11-16)13-22(27)23(24(19)28)17-8-10-20(25)21(26)12-17/h7-8,10,12-15H,2-6,9,11H2,1H3. The van der Waals surface area contributed by atoms with Gasteiger partial charge in [-0.1, -0.05) is 31.1 Å². The monoisotopic (exact) mass is 388 g/mol. The van der Waals surface area contributed by atoms with Crippen molar-refractivity contribution in [3.8, 4) is 11.1 Å². The molecule has 4 heteroatoms. The lowest BCUT2D eigenvalue weighted by Gasteiger charge is -2.32. The third kappa shape index (κ3) is 3.49. The Morgan fingerprint density at radius 1 is 0.893 bits per heavy atom. The van der Waals surface area contributed by atoms with Crippen LogP contribution in [0.1, 0.15) is 50.2 Å². The molecule has 0 nitrogen and oxygen atoms in total. The van der Waals surface area contributed by atoms with E-state index in [4.69, 9.17) is 0 Å². The number of fused-ring (bicyclic) bond motifs is 1. The number of allylic oxidation sites excluding steroid dienone is 2. The molecule has 1 saturated carbocycles. The molecule has 0 aromatic heterocycles. The van der Waals surface area contributed by atoms with Crippen molar-refractivity contribution in [2.45, 2.75) is 51.9 Å². The number of rotatable bonds is 3. The Labute approximate surface area is 163 Å². The highest BCUT2D eigenvalue weighted by atomic mass is 19.2. The lowest BCUT2D eigenvalue weighted by atomic mass is 9.74. The van der Waals surface area contributed by atoms with Gasteiger partial charge in [-0.3, -0.25) is 0 Å². The average Bonchev–Trinajstić information content (AvgIpc) is 2.70. The van der Waals surface area contributed by atoms with Gasteiger partial charge in [0.25, 0.3) is 0 Å². The molecule has 0 saturated heterocycles. The smallest absolute Gasteiger partial charge is 0.159 e. The summed E-state index contributed by atoms with van der Waals surface area (Å²) in [7, 11) is 0. The first-order valence-corrected chi connectivity index (χ1v) is 10.1.